The van der Waals surface area contributed by atoms with Gasteiger partial charge in [0.05, 0.1) is 17.2 Å². The van der Waals surface area contributed by atoms with Crippen LogP contribution in [0.1, 0.15) is 21.1 Å². The summed E-state index contributed by atoms with van der Waals surface area (Å²) in [6.07, 6.45) is 0. The standard InChI is InChI=1S/C13H18N4S2.HI/c1-9-12(19-10(2)17-9)7-16-13(14-3)15-6-11-4-5-18-8-11;/h4-5,8H,6-7H2,1-3H3,(H2,14,15,16);1H. The van der Waals surface area contributed by atoms with Gasteiger partial charge in [-0.15, -0.1) is 35.3 Å². The molecule has 0 radical (unpaired) electrons. The summed E-state index contributed by atoms with van der Waals surface area (Å²) in [5.74, 6) is 0.816. The Bertz CT molecular complexity index is 549. The third kappa shape index (κ3) is 5.02. The SMILES string of the molecule is CN=C(NCc1ccsc1)NCc1sc(C)nc1C.I. The number of aliphatic imine (C=N–C) groups is 1. The summed E-state index contributed by atoms with van der Waals surface area (Å²) < 4.78 is 0. The second kappa shape index (κ2) is 8.58. The number of thiophene rings is 1. The molecule has 0 saturated heterocycles. The lowest BCUT2D eigenvalue weighted by Crippen LogP contribution is -2.36. The molecule has 2 rings (SSSR count). The van der Waals surface area contributed by atoms with Crippen molar-refractivity contribution in [2.75, 3.05) is 7.05 Å². The predicted molar refractivity (Wildman–Crippen MR) is 98.4 cm³/mol. The largest absolute Gasteiger partial charge is 0.352 e. The van der Waals surface area contributed by atoms with E-state index in [1.165, 1.54) is 10.4 Å². The van der Waals surface area contributed by atoms with Crippen LogP contribution < -0.4 is 10.6 Å². The Morgan fingerprint density at radius 3 is 2.60 bits per heavy atom. The van der Waals surface area contributed by atoms with Crippen LogP contribution in [0.4, 0.5) is 0 Å². The minimum absolute atomic E-state index is 0. The van der Waals surface area contributed by atoms with Gasteiger partial charge in [-0.2, -0.15) is 11.3 Å². The monoisotopic (exact) mass is 422 g/mol. The summed E-state index contributed by atoms with van der Waals surface area (Å²) in [6.45, 7) is 5.64. The maximum absolute atomic E-state index is 4.42. The van der Waals surface area contributed by atoms with Crippen LogP contribution in [-0.2, 0) is 13.1 Å². The Kier molecular flexibility index (Phi) is 7.46. The third-order valence-corrected chi connectivity index (χ3v) is 4.48. The van der Waals surface area contributed by atoms with E-state index < -0.39 is 0 Å². The first-order chi connectivity index (χ1) is 9.19. The minimum Gasteiger partial charge on any atom is -0.352 e. The van der Waals surface area contributed by atoms with E-state index in [4.69, 9.17) is 0 Å². The van der Waals surface area contributed by atoms with Gasteiger partial charge < -0.3 is 10.6 Å². The second-order valence-corrected chi connectivity index (χ2v) is 6.22. The zero-order valence-electron chi connectivity index (χ0n) is 11.8. The highest BCUT2D eigenvalue weighted by Crippen LogP contribution is 2.16. The van der Waals surface area contributed by atoms with E-state index in [9.17, 15) is 0 Å². The maximum atomic E-state index is 4.42. The normalized spacial score (nSPS) is 11.1. The molecule has 20 heavy (non-hydrogen) atoms. The molecule has 0 fully saturated rings. The van der Waals surface area contributed by atoms with Crippen LogP contribution in [0.2, 0.25) is 0 Å². The molecular formula is C13H19IN4S2. The van der Waals surface area contributed by atoms with Crippen LogP contribution in [0, 0.1) is 13.8 Å². The summed E-state index contributed by atoms with van der Waals surface area (Å²) in [5, 5.41) is 11.9. The molecule has 0 spiro atoms. The Hall–Kier alpha value is -0.670. The molecule has 0 bridgehead atoms. The van der Waals surface area contributed by atoms with Crippen molar-refractivity contribution in [2.24, 2.45) is 4.99 Å². The fraction of sp³-hybridized carbons (Fsp3) is 0.385. The molecule has 110 valence electrons. The number of hydrogen-bond donors (Lipinski definition) is 2. The number of aromatic nitrogens is 1. The van der Waals surface area contributed by atoms with Crippen LogP contribution in [0.25, 0.3) is 0 Å². The highest BCUT2D eigenvalue weighted by atomic mass is 127. The quantitative estimate of drug-likeness (QED) is 0.452. The van der Waals surface area contributed by atoms with Crippen LogP contribution in [0.5, 0.6) is 0 Å². The molecule has 0 aliphatic carbocycles. The molecule has 0 aromatic carbocycles. The van der Waals surface area contributed by atoms with Crippen molar-refractivity contribution in [1.82, 2.24) is 15.6 Å². The average molecular weight is 422 g/mol. The van der Waals surface area contributed by atoms with E-state index in [-0.39, 0.29) is 24.0 Å². The highest BCUT2D eigenvalue weighted by molar-refractivity contribution is 14.0. The lowest BCUT2D eigenvalue weighted by atomic mass is 10.3. The predicted octanol–water partition coefficient (Wildman–Crippen LogP) is 3.30. The zero-order valence-corrected chi connectivity index (χ0v) is 15.7. The number of guanidine groups is 1. The molecule has 0 amide bonds. The van der Waals surface area contributed by atoms with Gasteiger partial charge in [0, 0.05) is 18.5 Å². The number of hydrogen-bond acceptors (Lipinski definition) is 4. The van der Waals surface area contributed by atoms with Gasteiger partial charge in [0.15, 0.2) is 5.96 Å². The number of nitrogens with one attached hydrogen (secondary N) is 2. The van der Waals surface area contributed by atoms with Crippen LogP contribution in [-0.4, -0.2) is 18.0 Å². The first-order valence-electron chi connectivity index (χ1n) is 6.07. The summed E-state index contributed by atoms with van der Waals surface area (Å²) in [5.41, 5.74) is 2.38. The van der Waals surface area contributed by atoms with E-state index in [2.05, 4.69) is 37.4 Å². The van der Waals surface area contributed by atoms with E-state index in [1.807, 2.05) is 13.8 Å². The maximum Gasteiger partial charge on any atom is 0.191 e. The van der Waals surface area contributed by atoms with Crippen LogP contribution in [0.3, 0.4) is 0 Å². The van der Waals surface area contributed by atoms with E-state index in [1.54, 1.807) is 29.7 Å². The minimum atomic E-state index is 0. The lowest BCUT2D eigenvalue weighted by molar-refractivity contribution is 0.813. The molecule has 2 aromatic heterocycles. The molecule has 0 unspecified atom stereocenters. The number of halogens is 1. The Morgan fingerprint density at radius 2 is 2.05 bits per heavy atom. The molecule has 7 heteroatoms. The average Bonchev–Trinajstić information content (AvgIpc) is 3.00. The van der Waals surface area contributed by atoms with Crippen molar-refractivity contribution in [3.8, 4) is 0 Å². The fourth-order valence-corrected chi connectivity index (χ4v) is 3.25. The van der Waals surface area contributed by atoms with Gasteiger partial charge in [-0.3, -0.25) is 4.99 Å². The molecule has 0 aliphatic heterocycles. The summed E-state index contributed by atoms with van der Waals surface area (Å²) >= 11 is 3.43. The third-order valence-electron chi connectivity index (χ3n) is 2.68. The van der Waals surface area contributed by atoms with Crippen LogP contribution in [0.15, 0.2) is 21.8 Å². The van der Waals surface area contributed by atoms with Crippen LogP contribution >= 0.6 is 46.7 Å². The first-order valence-corrected chi connectivity index (χ1v) is 7.83. The highest BCUT2D eigenvalue weighted by Gasteiger charge is 2.05. The Balaban J connectivity index is 0.00000200. The summed E-state index contributed by atoms with van der Waals surface area (Å²) in [7, 11) is 1.79. The van der Waals surface area contributed by atoms with Gasteiger partial charge >= 0.3 is 0 Å². The van der Waals surface area contributed by atoms with Gasteiger partial charge in [-0.1, -0.05) is 0 Å². The number of rotatable bonds is 4. The zero-order chi connectivity index (χ0) is 13.7. The van der Waals surface area contributed by atoms with Crippen molar-refractivity contribution in [2.45, 2.75) is 26.9 Å². The summed E-state index contributed by atoms with van der Waals surface area (Å²) in [4.78, 5) is 9.90. The first kappa shape index (κ1) is 17.4. The van der Waals surface area contributed by atoms with Gasteiger partial charge in [-0.25, -0.2) is 4.98 Å². The fourth-order valence-electron chi connectivity index (χ4n) is 1.70. The topological polar surface area (TPSA) is 49.3 Å². The smallest absolute Gasteiger partial charge is 0.191 e. The number of aryl methyl sites for hydroxylation is 2. The van der Waals surface area contributed by atoms with Crippen molar-refractivity contribution < 1.29 is 0 Å². The Morgan fingerprint density at radius 1 is 1.30 bits per heavy atom. The Labute approximate surface area is 144 Å². The van der Waals surface area contributed by atoms with Crippen molar-refractivity contribution >= 4 is 52.6 Å². The van der Waals surface area contributed by atoms with Gasteiger partial charge in [0.1, 0.15) is 0 Å². The van der Waals surface area contributed by atoms with Gasteiger partial charge in [0.25, 0.3) is 0 Å². The van der Waals surface area contributed by atoms with Crippen molar-refractivity contribution in [3.63, 3.8) is 0 Å². The molecule has 2 N–H and O–H groups in total. The number of nitrogens with zero attached hydrogens (tertiary/aromatic N) is 2. The molecule has 2 aromatic rings. The van der Waals surface area contributed by atoms with E-state index >= 15 is 0 Å². The molecule has 0 atom stereocenters. The lowest BCUT2D eigenvalue weighted by Gasteiger charge is -2.10. The van der Waals surface area contributed by atoms with Gasteiger partial charge in [0.2, 0.25) is 0 Å². The molecular weight excluding hydrogens is 403 g/mol. The number of thiazole rings is 1. The van der Waals surface area contributed by atoms with Crippen molar-refractivity contribution in [1.29, 1.82) is 0 Å². The molecule has 4 nitrogen and oxygen atoms in total. The van der Waals surface area contributed by atoms with E-state index in [0.29, 0.717) is 0 Å². The van der Waals surface area contributed by atoms with E-state index in [0.717, 1.165) is 29.8 Å². The summed E-state index contributed by atoms with van der Waals surface area (Å²) in [6, 6.07) is 2.11. The molecule has 0 saturated carbocycles. The molecule has 2 heterocycles. The van der Waals surface area contributed by atoms with Gasteiger partial charge in [-0.05, 0) is 36.2 Å². The second-order valence-electron chi connectivity index (χ2n) is 4.15. The molecule has 0 aliphatic rings. The van der Waals surface area contributed by atoms with Crippen molar-refractivity contribution in [3.05, 3.63) is 38.0 Å².